The van der Waals surface area contributed by atoms with Crippen LogP contribution in [0.1, 0.15) is 18.1 Å². The van der Waals surface area contributed by atoms with Gasteiger partial charge in [0.25, 0.3) is 0 Å². The Morgan fingerprint density at radius 2 is 1.75 bits per heavy atom. The molecule has 4 nitrogen and oxygen atoms in total. The predicted octanol–water partition coefficient (Wildman–Crippen LogP) is 3.05. The molecule has 0 aliphatic heterocycles. The van der Waals surface area contributed by atoms with E-state index >= 15 is 0 Å². The monoisotopic (exact) mass is 344 g/mol. The Morgan fingerprint density at radius 1 is 1.08 bits per heavy atom. The Hall–Kier alpha value is -2.33. The van der Waals surface area contributed by atoms with Crippen molar-refractivity contribution in [1.82, 2.24) is 10.2 Å². The minimum absolute atomic E-state index is 0.114. The fourth-order valence-corrected chi connectivity index (χ4v) is 2.71. The molecule has 24 heavy (non-hydrogen) atoms. The van der Waals surface area contributed by atoms with E-state index in [1.165, 1.54) is 0 Å². The largest absolute Gasteiger partial charge is 0.357 e. The number of carbonyl (C=O) groups is 2. The Labute approximate surface area is 147 Å². The van der Waals surface area contributed by atoms with Crippen molar-refractivity contribution in [2.75, 3.05) is 7.05 Å². The average molecular weight is 345 g/mol. The first-order valence-corrected chi connectivity index (χ1v) is 8.18. The fourth-order valence-electron chi connectivity index (χ4n) is 2.49. The maximum Gasteiger partial charge on any atom is 0.242 e. The van der Waals surface area contributed by atoms with Crippen molar-refractivity contribution in [2.24, 2.45) is 0 Å². The predicted molar refractivity (Wildman–Crippen MR) is 95.7 cm³/mol. The van der Waals surface area contributed by atoms with E-state index in [0.717, 1.165) is 11.1 Å². The van der Waals surface area contributed by atoms with Gasteiger partial charge in [0.15, 0.2) is 0 Å². The van der Waals surface area contributed by atoms with E-state index in [4.69, 9.17) is 11.6 Å². The zero-order chi connectivity index (χ0) is 17.5. The van der Waals surface area contributed by atoms with Crippen molar-refractivity contribution in [3.63, 3.8) is 0 Å². The van der Waals surface area contributed by atoms with E-state index in [9.17, 15) is 9.59 Å². The van der Waals surface area contributed by atoms with Gasteiger partial charge in [0.1, 0.15) is 6.04 Å². The highest BCUT2D eigenvalue weighted by Crippen LogP contribution is 2.15. The molecule has 0 spiro atoms. The van der Waals surface area contributed by atoms with Gasteiger partial charge >= 0.3 is 0 Å². The number of amides is 2. The summed E-state index contributed by atoms with van der Waals surface area (Å²) in [7, 11) is 1.57. The molecule has 0 fully saturated rings. The van der Waals surface area contributed by atoms with Gasteiger partial charge in [0.05, 0.1) is 6.42 Å². The van der Waals surface area contributed by atoms with Crippen LogP contribution in [-0.2, 0) is 22.6 Å². The van der Waals surface area contributed by atoms with Gasteiger partial charge in [-0.05, 0) is 30.2 Å². The summed E-state index contributed by atoms with van der Waals surface area (Å²) in [6, 6.07) is 16.3. The van der Waals surface area contributed by atoms with Crippen molar-refractivity contribution in [2.45, 2.75) is 25.9 Å². The van der Waals surface area contributed by atoms with Crippen molar-refractivity contribution in [3.8, 4) is 0 Å². The first kappa shape index (κ1) is 18.0. The minimum Gasteiger partial charge on any atom is -0.357 e. The van der Waals surface area contributed by atoms with Gasteiger partial charge in [0, 0.05) is 18.6 Å². The Kier molecular flexibility index (Phi) is 6.38. The summed E-state index contributed by atoms with van der Waals surface area (Å²) in [6.45, 7) is 2.12. The molecule has 2 rings (SSSR count). The second kappa shape index (κ2) is 8.50. The number of nitrogens with zero attached hydrogens (tertiary/aromatic N) is 1. The van der Waals surface area contributed by atoms with Crippen molar-refractivity contribution >= 4 is 23.4 Å². The molecular formula is C19H21ClN2O2. The van der Waals surface area contributed by atoms with Gasteiger partial charge in [-0.3, -0.25) is 9.59 Å². The van der Waals surface area contributed by atoms with Gasteiger partial charge in [-0.2, -0.15) is 0 Å². The lowest BCUT2D eigenvalue weighted by atomic mass is 10.1. The molecule has 0 saturated carbocycles. The van der Waals surface area contributed by atoms with Crippen LogP contribution in [0.25, 0.3) is 0 Å². The lowest BCUT2D eigenvalue weighted by Crippen LogP contribution is -2.47. The zero-order valence-electron chi connectivity index (χ0n) is 13.8. The van der Waals surface area contributed by atoms with Crippen molar-refractivity contribution in [3.05, 3.63) is 70.7 Å². The first-order valence-electron chi connectivity index (χ1n) is 7.80. The SMILES string of the molecule is CNC(=O)[C@H](C)N(Cc1ccccc1)C(=O)Cc1cccc(Cl)c1. The number of nitrogens with one attached hydrogen (secondary N) is 1. The molecule has 0 saturated heterocycles. The smallest absolute Gasteiger partial charge is 0.242 e. The van der Waals surface area contributed by atoms with Crippen LogP contribution < -0.4 is 5.32 Å². The molecule has 0 aliphatic carbocycles. The molecule has 0 heterocycles. The van der Waals surface area contributed by atoms with E-state index in [-0.39, 0.29) is 18.2 Å². The lowest BCUT2D eigenvalue weighted by molar-refractivity contribution is -0.139. The van der Waals surface area contributed by atoms with E-state index in [1.807, 2.05) is 42.5 Å². The van der Waals surface area contributed by atoms with Crippen LogP contribution >= 0.6 is 11.6 Å². The highest BCUT2D eigenvalue weighted by atomic mass is 35.5. The van der Waals surface area contributed by atoms with Crippen LogP contribution in [0, 0.1) is 0 Å². The van der Waals surface area contributed by atoms with E-state index in [0.29, 0.717) is 11.6 Å². The van der Waals surface area contributed by atoms with Crippen LogP contribution in [0.4, 0.5) is 0 Å². The topological polar surface area (TPSA) is 49.4 Å². The molecular weight excluding hydrogens is 324 g/mol. The molecule has 126 valence electrons. The third kappa shape index (κ3) is 4.83. The first-order chi connectivity index (χ1) is 11.5. The number of rotatable bonds is 6. The summed E-state index contributed by atoms with van der Waals surface area (Å²) >= 11 is 5.98. The second-order valence-corrected chi connectivity index (χ2v) is 6.04. The summed E-state index contributed by atoms with van der Waals surface area (Å²) in [6.07, 6.45) is 0.203. The van der Waals surface area contributed by atoms with Gasteiger partial charge in [0.2, 0.25) is 11.8 Å². The maximum atomic E-state index is 12.8. The van der Waals surface area contributed by atoms with Crippen LogP contribution in [-0.4, -0.2) is 29.8 Å². The lowest BCUT2D eigenvalue weighted by Gasteiger charge is -2.28. The van der Waals surface area contributed by atoms with Crippen LogP contribution in [0.5, 0.6) is 0 Å². The number of hydrogen-bond acceptors (Lipinski definition) is 2. The minimum atomic E-state index is -0.554. The Morgan fingerprint density at radius 3 is 2.38 bits per heavy atom. The summed E-state index contributed by atoms with van der Waals surface area (Å²) in [5, 5.41) is 3.20. The summed E-state index contributed by atoms with van der Waals surface area (Å²) in [5.41, 5.74) is 1.81. The number of hydrogen-bond donors (Lipinski definition) is 1. The van der Waals surface area contributed by atoms with Gasteiger partial charge < -0.3 is 10.2 Å². The van der Waals surface area contributed by atoms with Gasteiger partial charge in [-0.15, -0.1) is 0 Å². The molecule has 0 aliphatic rings. The maximum absolute atomic E-state index is 12.8. The normalized spacial score (nSPS) is 11.6. The summed E-state index contributed by atoms with van der Waals surface area (Å²) < 4.78 is 0. The average Bonchev–Trinajstić information content (AvgIpc) is 2.59. The van der Waals surface area contributed by atoms with Crippen LogP contribution in [0.15, 0.2) is 54.6 Å². The fraction of sp³-hybridized carbons (Fsp3) is 0.263. The van der Waals surface area contributed by atoms with Crippen LogP contribution in [0.2, 0.25) is 5.02 Å². The molecule has 1 atom stereocenters. The number of likely N-dealkylation sites (N-methyl/N-ethyl adjacent to an activating group) is 1. The van der Waals surface area contributed by atoms with E-state index in [2.05, 4.69) is 5.32 Å². The number of benzene rings is 2. The number of carbonyl (C=O) groups excluding carboxylic acids is 2. The highest BCUT2D eigenvalue weighted by Gasteiger charge is 2.25. The summed E-state index contributed by atoms with van der Waals surface area (Å²) in [5.74, 6) is -0.303. The third-order valence-electron chi connectivity index (χ3n) is 3.85. The zero-order valence-corrected chi connectivity index (χ0v) is 14.6. The third-order valence-corrected chi connectivity index (χ3v) is 4.09. The molecule has 5 heteroatoms. The van der Waals surface area contributed by atoms with Crippen molar-refractivity contribution in [1.29, 1.82) is 0 Å². The Balaban J connectivity index is 2.20. The van der Waals surface area contributed by atoms with Gasteiger partial charge in [-0.1, -0.05) is 54.1 Å². The number of halogens is 1. The van der Waals surface area contributed by atoms with E-state index in [1.54, 1.807) is 31.0 Å². The molecule has 0 unspecified atom stereocenters. The Bertz CT molecular complexity index is 704. The van der Waals surface area contributed by atoms with Gasteiger partial charge in [-0.25, -0.2) is 0 Å². The highest BCUT2D eigenvalue weighted by molar-refractivity contribution is 6.30. The van der Waals surface area contributed by atoms with E-state index < -0.39 is 6.04 Å². The standard InChI is InChI=1S/C19H21ClN2O2/c1-14(19(24)21-2)22(13-15-7-4-3-5-8-15)18(23)12-16-9-6-10-17(20)11-16/h3-11,14H,12-13H2,1-2H3,(H,21,24)/t14-/m0/s1. The molecule has 0 radical (unpaired) electrons. The molecule has 0 bridgehead atoms. The molecule has 2 amide bonds. The van der Waals surface area contributed by atoms with Crippen molar-refractivity contribution < 1.29 is 9.59 Å². The second-order valence-electron chi connectivity index (χ2n) is 5.60. The summed E-state index contributed by atoms with van der Waals surface area (Å²) in [4.78, 5) is 26.4. The molecule has 1 N–H and O–H groups in total. The molecule has 0 aromatic heterocycles. The quantitative estimate of drug-likeness (QED) is 0.875. The molecule has 2 aromatic rings. The van der Waals surface area contributed by atoms with Crippen LogP contribution in [0.3, 0.4) is 0 Å². The molecule has 2 aromatic carbocycles.